The van der Waals surface area contributed by atoms with Gasteiger partial charge in [0.25, 0.3) is 0 Å². The fraction of sp³-hybridized carbons (Fsp3) is 0.350. The second-order valence-electron chi connectivity index (χ2n) is 7.03. The minimum atomic E-state index is -0.292. The molecule has 3 nitrogen and oxygen atoms in total. The number of carbonyl (C=O) groups excluding carboxylic acids is 1. The standard InChI is InChI=1S/C20H22BrNO2/c1-12-5-10-17-16(11-12)19(24-13(2)23)20(3,4)18(22-17)14-6-8-15(21)9-7-14/h5-11,18-19,22H,1-4H3. The van der Waals surface area contributed by atoms with Gasteiger partial charge in [0, 0.05) is 28.1 Å². The van der Waals surface area contributed by atoms with E-state index in [1.807, 2.05) is 12.1 Å². The molecule has 2 atom stereocenters. The lowest BCUT2D eigenvalue weighted by atomic mass is 9.70. The van der Waals surface area contributed by atoms with Crippen LogP contribution in [0.25, 0.3) is 0 Å². The molecule has 1 aliphatic rings. The van der Waals surface area contributed by atoms with Crippen LogP contribution in [0.15, 0.2) is 46.9 Å². The summed E-state index contributed by atoms with van der Waals surface area (Å²) in [6, 6.07) is 14.6. The van der Waals surface area contributed by atoms with Gasteiger partial charge in [-0.3, -0.25) is 4.79 Å². The number of aryl methyl sites for hydroxylation is 1. The highest BCUT2D eigenvalue weighted by atomic mass is 79.9. The Morgan fingerprint density at radius 3 is 2.46 bits per heavy atom. The molecule has 0 aliphatic carbocycles. The first-order valence-electron chi connectivity index (χ1n) is 8.09. The van der Waals surface area contributed by atoms with Gasteiger partial charge in [-0.15, -0.1) is 0 Å². The summed E-state index contributed by atoms with van der Waals surface area (Å²) in [7, 11) is 0. The van der Waals surface area contributed by atoms with Crippen molar-refractivity contribution in [1.82, 2.24) is 0 Å². The molecule has 1 aliphatic heterocycles. The van der Waals surface area contributed by atoms with Crippen molar-refractivity contribution in [3.05, 3.63) is 63.6 Å². The zero-order valence-corrected chi connectivity index (χ0v) is 16.0. The smallest absolute Gasteiger partial charge is 0.303 e. The van der Waals surface area contributed by atoms with Crippen molar-refractivity contribution < 1.29 is 9.53 Å². The van der Waals surface area contributed by atoms with Crippen molar-refractivity contribution in [2.45, 2.75) is 39.8 Å². The number of benzene rings is 2. The quantitative estimate of drug-likeness (QED) is 0.685. The molecule has 1 heterocycles. The molecule has 4 heteroatoms. The van der Waals surface area contributed by atoms with Gasteiger partial charge >= 0.3 is 5.97 Å². The Hall–Kier alpha value is -1.81. The maximum atomic E-state index is 11.7. The van der Waals surface area contributed by atoms with E-state index >= 15 is 0 Å². The zero-order chi connectivity index (χ0) is 17.5. The van der Waals surface area contributed by atoms with Crippen molar-refractivity contribution in [3.63, 3.8) is 0 Å². The summed E-state index contributed by atoms with van der Waals surface area (Å²) in [5.74, 6) is -0.253. The molecule has 2 unspecified atom stereocenters. The number of ether oxygens (including phenoxy) is 1. The van der Waals surface area contributed by atoms with Gasteiger partial charge in [0.2, 0.25) is 0 Å². The van der Waals surface area contributed by atoms with Crippen molar-refractivity contribution in [2.75, 3.05) is 5.32 Å². The van der Waals surface area contributed by atoms with Gasteiger partial charge in [-0.05, 0) is 30.7 Å². The zero-order valence-electron chi connectivity index (χ0n) is 14.4. The van der Waals surface area contributed by atoms with Gasteiger partial charge in [0.15, 0.2) is 0 Å². The molecule has 0 amide bonds. The van der Waals surface area contributed by atoms with E-state index in [1.54, 1.807) is 0 Å². The number of esters is 1. The van der Waals surface area contributed by atoms with Gasteiger partial charge in [0.1, 0.15) is 6.10 Å². The number of hydrogen-bond acceptors (Lipinski definition) is 3. The van der Waals surface area contributed by atoms with E-state index < -0.39 is 0 Å². The third kappa shape index (κ3) is 3.07. The minimum Gasteiger partial charge on any atom is -0.457 e. The molecule has 24 heavy (non-hydrogen) atoms. The molecular weight excluding hydrogens is 366 g/mol. The van der Waals surface area contributed by atoms with Crippen LogP contribution in [0.4, 0.5) is 5.69 Å². The van der Waals surface area contributed by atoms with Crippen LogP contribution in [0.2, 0.25) is 0 Å². The summed E-state index contributed by atoms with van der Waals surface area (Å²) in [5.41, 5.74) is 4.11. The molecule has 2 aromatic rings. The Kier molecular flexibility index (Phi) is 4.43. The van der Waals surface area contributed by atoms with Crippen LogP contribution in [0.1, 0.15) is 49.6 Å². The Morgan fingerprint density at radius 2 is 1.83 bits per heavy atom. The number of nitrogens with one attached hydrogen (secondary N) is 1. The molecule has 2 aromatic carbocycles. The van der Waals surface area contributed by atoms with Gasteiger partial charge in [-0.25, -0.2) is 0 Å². The monoisotopic (exact) mass is 387 g/mol. The SMILES string of the molecule is CC(=O)OC1c2cc(C)ccc2NC(c2ccc(Br)cc2)C1(C)C. The van der Waals surface area contributed by atoms with Crippen LogP contribution in [0.3, 0.4) is 0 Å². The predicted molar refractivity (Wildman–Crippen MR) is 100.0 cm³/mol. The molecule has 0 saturated heterocycles. The molecule has 0 fully saturated rings. The summed E-state index contributed by atoms with van der Waals surface area (Å²) in [4.78, 5) is 11.7. The van der Waals surface area contributed by atoms with Gasteiger partial charge in [0.05, 0.1) is 6.04 Å². The summed E-state index contributed by atoms with van der Waals surface area (Å²) in [5, 5.41) is 3.65. The number of hydrogen-bond donors (Lipinski definition) is 1. The lowest BCUT2D eigenvalue weighted by Gasteiger charge is -2.46. The van der Waals surface area contributed by atoms with Crippen LogP contribution in [-0.2, 0) is 9.53 Å². The molecule has 0 aromatic heterocycles. The fourth-order valence-electron chi connectivity index (χ4n) is 3.47. The third-order valence-corrected chi connectivity index (χ3v) is 5.22. The van der Waals surface area contributed by atoms with Gasteiger partial charge in [-0.2, -0.15) is 0 Å². The maximum Gasteiger partial charge on any atom is 0.303 e. The van der Waals surface area contributed by atoms with Crippen LogP contribution < -0.4 is 5.32 Å². The van der Waals surface area contributed by atoms with Gasteiger partial charge < -0.3 is 10.1 Å². The Balaban J connectivity index is 2.11. The summed E-state index contributed by atoms with van der Waals surface area (Å²) >= 11 is 3.49. The molecule has 0 saturated carbocycles. The van der Waals surface area contributed by atoms with Crippen molar-refractivity contribution in [1.29, 1.82) is 0 Å². The topological polar surface area (TPSA) is 38.3 Å². The number of rotatable bonds is 2. The van der Waals surface area contributed by atoms with Crippen molar-refractivity contribution in [2.24, 2.45) is 5.41 Å². The molecule has 0 bridgehead atoms. The number of carbonyl (C=O) groups is 1. The lowest BCUT2D eigenvalue weighted by molar-refractivity contribution is -0.154. The average Bonchev–Trinajstić information content (AvgIpc) is 2.51. The van der Waals surface area contributed by atoms with E-state index in [2.05, 4.69) is 72.3 Å². The first-order valence-corrected chi connectivity index (χ1v) is 8.88. The number of anilines is 1. The third-order valence-electron chi connectivity index (χ3n) is 4.70. The Labute approximate surface area is 151 Å². The molecule has 0 spiro atoms. The van der Waals surface area contributed by atoms with E-state index in [9.17, 15) is 4.79 Å². The molecule has 0 radical (unpaired) electrons. The summed E-state index contributed by atoms with van der Waals surface area (Å²) < 4.78 is 6.82. The summed E-state index contributed by atoms with van der Waals surface area (Å²) in [6.07, 6.45) is -0.292. The first kappa shape index (κ1) is 17.0. The maximum absolute atomic E-state index is 11.7. The minimum absolute atomic E-state index is 0.0464. The number of fused-ring (bicyclic) bond motifs is 1. The Morgan fingerprint density at radius 1 is 1.17 bits per heavy atom. The second-order valence-corrected chi connectivity index (χ2v) is 7.95. The molecule has 126 valence electrons. The predicted octanol–water partition coefficient (Wildman–Crippen LogP) is 5.55. The Bertz CT molecular complexity index is 768. The average molecular weight is 388 g/mol. The number of halogens is 1. The van der Waals surface area contributed by atoms with E-state index in [0.29, 0.717) is 0 Å². The lowest BCUT2D eigenvalue weighted by Crippen LogP contribution is -2.40. The molecule has 3 rings (SSSR count). The largest absolute Gasteiger partial charge is 0.457 e. The van der Waals surface area contributed by atoms with Crippen LogP contribution in [0, 0.1) is 12.3 Å². The normalized spacial score (nSPS) is 21.5. The highest BCUT2D eigenvalue weighted by molar-refractivity contribution is 9.10. The fourth-order valence-corrected chi connectivity index (χ4v) is 3.74. The first-order chi connectivity index (χ1) is 11.3. The van der Waals surface area contributed by atoms with E-state index in [1.165, 1.54) is 12.5 Å². The van der Waals surface area contributed by atoms with Crippen LogP contribution in [0.5, 0.6) is 0 Å². The van der Waals surface area contributed by atoms with Crippen molar-refractivity contribution >= 4 is 27.6 Å². The van der Waals surface area contributed by atoms with Gasteiger partial charge in [-0.1, -0.05) is 59.6 Å². The van der Waals surface area contributed by atoms with Crippen molar-refractivity contribution in [3.8, 4) is 0 Å². The van der Waals surface area contributed by atoms with Crippen LogP contribution >= 0.6 is 15.9 Å². The highest BCUT2D eigenvalue weighted by Crippen LogP contribution is 2.53. The summed E-state index contributed by atoms with van der Waals surface area (Å²) in [6.45, 7) is 7.82. The van der Waals surface area contributed by atoms with E-state index in [4.69, 9.17) is 4.74 Å². The molecule has 1 N–H and O–H groups in total. The molecular formula is C20H22BrNO2. The van der Waals surface area contributed by atoms with E-state index in [0.717, 1.165) is 21.3 Å². The van der Waals surface area contributed by atoms with E-state index in [-0.39, 0.29) is 23.5 Å². The highest BCUT2D eigenvalue weighted by Gasteiger charge is 2.45. The second kappa shape index (κ2) is 6.25. The van der Waals surface area contributed by atoms with Crippen LogP contribution in [-0.4, -0.2) is 5.97 Å².